The van der Waals surface area contributed by atoms with Crippen LogP contribution in [-0.2, 0) is 16.0 Å². The Morgan fingerprint density at radius 2 is 2.10 bits per heavy atom. The SMILES string of the molecule is CC(C)CC(C=O)N(Nc1ccc(-c2cnco2)cc1CCCO)C(=O)OC(C)(C)C. The number of hydrogen-bond donors (Lipinski definition) is 2. The van der Waals surface area contributed by atoms with Gasteiger partial charge in [-0.25, -0.2) is 14.8 Å². The Balaban J connectivity index is 2.40. The van der Waals surface area contributed by atoms with Crippen LogP contribution in [0.3, 0.4) is 0 Å². The number of carbonyl (C=O) groups excluding carboxylic acids is 2. The summed E-state index contributed by atoms with van der Waals surface area (Å²) in [4.78, 5) is 28.8. The summed E-state index contributed by atoms with van der Waals surface area (Å²) in [5, 5.41) is 10.6. The lowest BCUT2D eigenvalue weighted by molar-refractivity contribution is -0.112. The molecule has 1 atom stereocenters. The number of amides is 1. The molecule has 0 bridgehead atoms. The van der Waals surface area contributed by atoms with Crippen LogP contribution >= 0.6 is 0 Å². The number of nitrogens with one attached hydrogen (secondary N) is 1. The summed E-state index contributed by atoms with van der Waals surface area (Å²) in [6.45, 7) is 9.35. The van der Waals surface area contributed by atoms with Gasteiger partial charge in [-0.2, -0.15) is 0 Å². The third-order valence-corrected chi connectivity index (χ3v) is 4.46. The number of oxazole rings is 1. The molecule has 2 aromatic rings. The molecule has 8 heteroatoms. The van der Waals surface area contributed by atoms with Crippen molar-refractivity contribution in [3.05, 3.63) is 36.4 Å². The van der Waals surface area contributed by atoms with Crippen LogP contribution < -0.4 is 5.43 Å². The van der Waals surface area contributed by atoms with E-state index >= 15 is 0 Å². The molecule has 1 amide bonds. The summed E-state index contributed by atoms with van der Waals surface area (Å²) in [7, 11) is 0. The normalized spacial score (nSPS) is 12.5. The van der Waals surface area contributed by atoms with E-state index in [4.69, 9.17) is 9.15 Å². The summed E-state index contributed by atoms with van der Waals surface area (Å²) in [6, 6.07) is 4.88. The minimum absolute atomic E-state index is 0.0338. The fourth-order valence-corrected chi connectivity index (χ4v) is 3.10. The van der Waals surface area contributed by atoms with Crippen LogP contribution in [0.1, 0.15) is 53.0 Å². The maximum absolute atomic E-state index is 12.9. The van der Waals surface area contributed by atoms with Gasteiger partial charge in [0.15, 0.2) is 12.2 Å². The summed E-state index contributed by atoms with van der Waals surface area (Å²) >= 11 is 0. The third-order valence-electron chi connectivity index (χ3n) is 4.46. The molecule has 0 fully saturated rings. The monoisotopic (exact) mass is 431 g/mol. The molecule has 1 aromatic heterocycles. The molecule has 8 nitrogen and oxygen atoms in total. The molecule has 1 aromatic carbocycles. The third kappa shape index (κ3) is 7.40. The van der Waals surface area contributed by atoms with Crippen LogP contribution in [-0.4, -0.2) is 45.7 Å². The number of hydrogen-bond acceptors (Lipinski definition) is 7. The number of ether oxygens (including phenoxy) is 1. The Morgan fingerprint density at radius 3 is 2.65 bits per heavy atom. The second kappa shape index (κ2) is 10.9. The maximum Gasteiger partial charge on any atom is 0.429 e. The zero-order valence-electron chi connectivity index (χ0n) is 18.9. The smallest absolute Gasteiger partial charge is 0.429 e. The number of aromatic nitrogens is 1. The van der Waals surface area contributed by atoms with E-state index in [1.165, 1.54) is 11.4 Å². The molecule has 0 radical (unpaired) electrons. The van der Waals surface area contributed by atoms with Gasteiger partial charge >= 0.3 is 6.09 Å². The Kier molecular flexibility index (Phi) is 8.62. The van der Waals surface area contributed by atoms with Crippen molar-refractivity contribution in [3.63, 3.8) is 0 Å². The number of aliphatic hydroxyl groups excluding tert-OH is 1. The molecule has 0 spiro atoms. The number of aldehydes is 1. The highest BCUT2D eigenvalue weighted by Gasteiger charge is 2.29. The molecule has 170 valence electrons. The molecule has 0 aliphatic heterocycles. The average molecular weight is 432 g/mol. The quantitative estimate of drug-likeness (QED) is 0.423. The highest BCUT2D eigenvalue weighted by molar-refractivity contribution is 5.76. The lowest BCUT2D eigenvalue weighted by Crippen LogP contribution is -2.48. The van der Waals surface area contributed by atoms with Crippen LogP contribution in [0.4, 0.5) is 10.5 Å². The van der Waals surface area contributed by atoms with E-state index in [1.807, 2.05) is 32.0 Å². The first kappa shape index (κ1) is 24.4. The number of carbonyl (C=O) groups is 2. The Labute approximate surface area is 183 Å². The van der Waals surface area contributed by atoms with Crippen LogP contribution in [0.15, 0.2) is 35.2 Å². The Hall–Kier alpha value is -2.87. The zero-order chi connectivity index (χ0) is 23.0. The zero-order valence-corrected chi connectivity index (χ0v) is 18.9. The van der Waals surface area contributed by atoms with Crippen LogP contribution in [0.25, 0.3) is 11.3 Å². The molecule has 31 heavy (non-hydrogen) atoms. The van der Waals surface area contributed by atoms with Crippen LogP contribution in [0.5, 0.6) is 0 Å². The first-order valence-electron chi connectivity index (χ1n) is 10.5. The number of anilines is 1. The molecule has 2 rings (SSSR count). The van der Waals surface area contributed by atoms with Gasteiger partial charge in [0, 0.05) is 12.2 Å². The van der Waals surface area contributed by atoms with Gasteiger partial charge in [-0.1, -0.05) is 13.8 Å². The highest BCUT2D eigenvalue weighted by atomic mass is 16.6. The molecular weight excluding hydrogens is 398 g/mol. The lowest BCUT2D eigenvalue weighted by atomic mass is 10.0. The van der Waals surface area contributed by atoms with Crippen molar-refractivity contribution < 1.29 is 23.8 Å². The van der Waals surface area contributed by atoms with Crippen molar-refractivity contribution in [2.24, 2.45) is 5.92 Å². The Morgan fingerprint density at radius 1 is 1.35 bits per heavy atom. The molecule has 0 aliphatic carbocycles. The van der Waals surface area contributed by atoms with Gasteiger partial charge < -0.3 is 19.1 Å². The van der Waals surface area contributed by atoms with Crippen LogP contribution in [0, 0.1) is 5.92 Å². The van der Waals surface area contributed by atoms with Gasteiger partial charge in [-0.3, -0.25) is 5.43 Å². The summed E-state index contributed by atoms with van der Waals surface area (Å²) in [6.07, 6.45) is 4.71. The largest absolute Gasteiger partial charge is 0.444 e. The molecule has 1 unspecified atom stereocenters. The number of benzene rings is 1. The predicted octanol–water partition coefficient (Wildman–Crippen LogP) is 4.44. The lowest BCUT2D eigenvalue weighted by Gasteiger charge is -2.33. The highest BCUT2D eigenvalue weighted by Crippen LogP contribution is 2.28. The number of hydrazine groups is 1. The number of aliphatic hydroxyl groups is 1. The first-order chi connectivity index (χ1) is 14.6. The predicted molar refractivity (Wildman–Crippen MR) is 118 cm³/mol. The van der Waals surface area contributed by atoms with E-state index < -0.39 is 17.7 Å². The first-order valence-corrected chi connectivity index (χ1v) is 10.5. The van der Waals surface area contributed by atoms with Gasteiger partial charge in [-0.15, -0.1) is 0 Å². The van der Waals surface area contributed by atoms with Crippen molar-refractivity contribution in [2.45, 2.75) is 65.5 Å². The molecule has 0 aliphatic rings. The average Bonchev–Trinajstić information content (AvgIpc) is 3.22. The van der Waals surface area contributed by atoms with E-state index in [9.17, 15) is 14.7 Å². The summed E-state index contributed by atoms with van der Waals surface area (Å²) in [5.74, 6) is 0.816. The topological polar surface area (TPSA) is 105 Å². The molecule has 2 N–H and O–H groups in total. The van der Waals surface area contributed by atoms with Gasteiger partial charge in [-0.05, 0) is 69.7 Å². The van der Waals surface area contributed by atoms with Crippen molar-refractivity contribution in [3.8, 4) is 11.3 Å². The minimum Gasteiger partial charge on any atom is -0.444 e. The summed E-state index contributed by atoms with van der Waals surface area (Å²) in [5.41, 5.74) is 4.74. The van der Waals surface area contributed by atoms with E-state index in [0.717, 1.165) is 17.4 Å². The van der Waals surface area contributed by atoms with E-state index in [1.54, 1.807) is 27.0 Å². The fourth-order valence-electron chi connectivity index (χ4n) is 3.10. The standard InChI is InChI=1S/C23H33N3O5/c1-16(2)11-19(14-28)26(22(29)31-23(3,4)5)25-20-9-8-18(21-13-24-15-30-21)12-17(20)7-6-10-27/h8-9,12-16,19,25,27H,6-7,10-11H2,1-5H3. The number of aryl methyl sites for hydroxylation is 1. The van der Waals surface area contributed by atoms with Crippen molar-refractivity contribution in [2.75, 3.05) is 12.0 Å². The van der Waals surface area contributed by atoms with Crippen molar-refractivity contribution in [1.29, 1.82) is 0 Å². The van der Waals surface area contributed by atoms with E-state index in [-0.39, 0.29) is 12.5 Å². The Bertz CT molecular complexity index is 843. The van der Waals surface area contributed by atoms with Gasteiger partial charge in [0.1, 0.15) is 17.9 Å². The summed E-state index contributed by atoms with van der Waals surface area (Å²) < 4.78 is 10.9. The molecule has 0 saturated carbocycles. The van der Waals surface area contributed by atoms with Gasteiger partial charge in [0.05, 0.1) is 11.9 Å². The van der Waals surface area contributed by atoms with E-state index in [0.29, 0.717) is 30.7 Å². The van der Waals surface area contributed by atoms with Gasteiger partial charge in [0.25, 0.3) is 0 Å². The molecular formula is C23H33N3O5. The number of rotatable bonds is 10. The maximum atomic E-state index is 12.9. The van der Waals surface area contributed by atoms with Gasteiger partial charge in [0.2, 0.25) is 0 Å². The van der Waals surface area contributed by atoms with E-state index in [2.05, 4.69) is 10.4 Å². The van der Waals surface area contributed by atoms with Crippen molar-refractivity contribution >= 4 is 18.1 Å². The van der Waals surface area contributed by atoms with Crippen molar-refractivity contribution in [1.82, 2.24) is 9.99 Å². The molecule has 1 heterocycles. The second-order valence-corrected chi connectivity index (χ2v) is 8.86. The second-order valence-electron chi connectivity index (χ2n) is 8.86. The fraction of sp³-hybridized carbons (Fsp3) is 0.522. The van der Waals surface area contributed by atoms with Crippen LogP contribution in [0.2, 0.25) is 0 Å². The minimum atomic E-state index is -0.710. The molecule has 0 saturated heterocycles. The number of nitrogens with zero attached hydrogens (tertiary/aromatic N) is 2.